The molecule has 0 radical (unpaired) electrons. The van der Waals surface area contributed by atoms with Gasteiger partial charge in [0.25, 0.3) is 0 Å². The molecule has 0 saturated carbocycles. The number of nitrogens with zero attached hydrogens (tertiary/aromatic N) is 1. The van der Waals surface area contributed by atoms with Crippen LogP contribution in [-0.2, 0) is 10.0 Å². The van der Waals surface area contributed by atoms with Crippen LogP contribution >= 0.6 is 15.9 Å². The number of aryl methyl sites for hydroxylation is 1. The van der Waals surface area contributed by atoms with Gasteiger partial charge in [0, 0.05) is 18.6 Å². The van der Waals surface area contributed by atoms with Gasteiger partial charge in [0.1, 0.15) is 0 Å². The Kier molecular flexibility index (Phi) is 3.95. The number of halogens is 1. The number of carboxylic acid groups (broad SMARTS) is 1. The van der Waals surface area contributed by atoms with E-state index in [2.05, 4.69) is 15.9 Å². The molecule has 0 aliphatic heterocycles. The molecule has 0 unspecified atom stereocenters. The molecule has 1 aromatic carbocycles. The van der Waals surface area contributed by atoms with Crippen LogP contribution in [0.5, 0.6) is 0 Å². The number of rotatable bonds is 3. The van der Waals surface area contributed by atoms with Crippen molar-refractivity contribution in [2.24, 2.45) is 0 Å². The van der Waals surface area contributed by atoms with Gasteiger partial charge in [0.15, 0.2) is 0 Å². The molecule has 1 aromatic rings. The predicted octanol–water partition coefficient (Wildman–Crippen LogP) is 1.71. The number of carboxylic acids is 1. The van der Waals surface area contributed by atoms with Crippen molar-refractivity contribution in [3.05, 3.63) is 27.7 Å². The zero-order valence-corrected chi connectivity index (χ0v) is 12.0. The molecular formula is C10H12BrNO4S. The van der Waals surface area contributed by atoms with Crippen LogP contribution in [-0.4, -0.2) is 37.9 Å². The van der Waals surface area contributed by atoms with Crippen molar-refractivity contribution < 1.29 is 18.3 Å². The molecule has 0 aromatic heterocycles. The number of carbonyl (C=O) groups is 1. The zero-order valence-electron chi connectivity index (χ0n) is 9.56. The highest BCUT2D eigenvalue weighted by Crippen LogP contribution is 2.27. The van der Waals surface area contributed by atoms with E-state index in [0.29, 0.717) is 5.56 Å². The van der Waals surface area contributed by atoms with Crippen LogP contribution in [0.25, 0.3) is 0 Å². The molecule has 94 valence electrons. The molecular weight excluding hydrogens is 310 g/mol. The Labute approximate surface area is 108 Å². The molecule has 0 heterocycles. The van der Waals surface area contributed by atoms with Gasteiger partial charge in [-0.1, -0.05) is 0 Å². The van der Waals surface area contributed by atoms with Gasteiger partial charge in [-0.2, -0.15) is 0 Å². The van der Waals surface area contributed by atoms with Crippen molar-refractivity contribution in [2.75, 3.05) is 14.1 Å². The van der Waals surface area contributed by atoms with Crippen LogP contribution in [0.3, 0.4) is 0 Å². The maximum absolute atomic E-state index is 11.9. The van der Waals surface area contributed by atoms with Gasteiger partial charge in [0.05, 0.1) is 10.5 Å². The molecule has 5 nitrogen and oxygen atoms in total. The minimum Gasteiger partial charge on any atom is -0.478 e. The molecule has 0 amide bonds. The van der Waals surface area contributed by atoms with Gasteiger partial charge in [-0.25, -0.2) is 17.5 Å². The number of benzene rings is 1. The van der Waals surface area contributed by atoms with Gasteiger partial charge in [-0.3, -0.25) is 0 Å². The number of hydrogen-bond donors (Lipinski definition) is 1. The fraction of sp³-hybridized carbons (Fsp3) is 0.300. The number of sulfonamides is 1. The minimum atomic E-state index is -3.58. The van der Waals surface area contributed by atoms with E-state index in [-0.39, 0.29) is 14.9 Å². The maximum Gasteiger partial charge on any atom is 0.335 e. The second kappa shape index (κ2) is 4.75. The summed E-state index contributed by atoms with van der Waals surface area (Å²) < 4.78 is 25.2. The Hall–Kier alpha value is -0.920. The van der Waals surface area contributed by atoms with Crippen LogP contribution in [0, 0.1) is 6.92 Å². The molecule has 0 aliphatic rings. The van der Waals surface area contributed by atoms with Crippen molar-refractivity contribution in [1.82, 2.24) is 4.31 Å². The second-order valence-electron chi connectivity index (χ2n) is 3.69. The molecule has 0 aliphatic carbocycles. The normalized spacial score (nSPS) is 11.8. The molecule has 0 bridgehead atoms. The SMILES string of the molecule is Cc1cc(S(=O)(=O)N(C)C)c(Br)cc1C(=O)O. The molecule has 0 saturated heterocycles. The van der Waals surface area contributed by atoms with Gasteiger partial charge < -0.3 is 5.11 Å². The first-order valence-corrected chi connectivity index (χ1v) is 6.87. The number of hydrogen-bond acceptors (Lipinski definition) is 3. The third-order valence-electron chi connectivity index (χ3n) is 2.27. The van der Waals surface area contributed by atoms with E-state index in [1.807, 2.05) is 0 Å². The first-order valence-electron chi connectivity index (χ1n) is 4.64. The highest BCUT2D eigenvalue weighted by molar-refractivity contribution is 9.10. The van der Waals surface area contributed by atoms with Crippen molar-refractivity contribution in [3.63, 3.8) is 0 Å². The highest BCUT2D eigenvalue weighted by atomic mass is 79.9. The summed E-state index contributed by atoms with van der Waals surface area (Å²) in [6, 6.07) is 2.65. The molecule has 0 fully saturated rings. The zero-order chi connectivity index (χ0) is 13.4. The predicted molar refractivity (Wildman–Crippen MR) is 66.7 cm³/mol. The summed E-state index contributed by atoms with van der Waals surface area (Å²) in [5.41, 5.74) is 0.482. The summed E-state index contributed by atoms with van der Waals surface area (Å²) in [5.74, 6) is -1.09. The van der Waals surface area contributed by atoms with Crippen molar-refractivity contribution in [1.29, 1.82) is 0 Å². The third kappa shape index (κ3) is 2.67. The van der Waals surface area contributed by atoms with E-state index in [0.717, 1.165) is 4.31 Å². The molecule has 17 heavy (non-hydrogen) atoms. The monoisotopic (exact) mass is 321 g/mol. The average molecular weight is 322 g/mol. The Morgan fingerprint density at radius 1 is 1.35 bits per heavy atom. The van der Waals surface area contributed by atoms with E-state index in [9.17, 15) is 13.2 Å². The quantitative estimate of drug-likeness (QED) is 0.919. The number of aromatic carboxylic acids is 1. The summed E-state index contributed by atoms with van der Waals surface area (Å²) in [6.07, 6.45) is 0. The van der Waals surface area contributed by atoms with E-state index < -0.39 is 16.0 Å². The largest absolute Gasteiger partial charge is 0.478 e. The van der Waals surface area contributed by atoms with Gasteiger partial charge in [0.2, 0.25) is 10.0 Å². The first kappa shape index (κ1) is 14.1. The van der Waals surface area contributed by atoms with Gasteiger partial charge in [-0.15, -0.1) is 0 Å². The van der Waals surface area contributed by atoms with Crippen LogP contribution < -0.4 is 0 Å². The molecule has 0 spiro atoms. The smallest absolute Gasteiger partial charge is 0.335 e. The second-order valence-corrected chi connectivity index (χ2v) is 6.66. The molecule has 7 heteroatoms. The Balaban J connectivity index is 3.51. The molecule has 1 N–H and O–H groups in total. The minimum absolute atomic E-state index is 0.0602. The summed E-state index contributed by atoms with van der Waals surface area (Å²) in [6.45, 7) is 1.56. The summed E-state index contributed by atoms with van der Waals surface area (Å²) >= 11 is 3.08. The highest BCUT2D eigenvalue weighted by Gasteiger charge is 2.22. The van der Waals surface area contributed by atoms with Crippen molar-refractivity contribution in [3.8, 4) is 0 Å². The molecule has 1 rings (SSSR count). The Morgan fingerprint density at radius 2 is 1.88 bits per heavy atom. The summed E-state index contributed by atoms with van der Waals surface area (Å²) in [4.78, 5) is 10.9. The van der Waals surface area contributed by atoms with E-state index in [4.69, 9.17) is 5.11 Å². The van der Waals surface area contributed by atoms with Gasteiger partial charge in [-0.05, 0) is 40.5 Å². The van der Waals surface area contributed by atoms with Crippen LogP contribution in [0.1, 0.15) is 15.9 Å². The fourth-order valence-electron chi connectivity index (χ4n) is 1.28. The summed E-state index contributed by atoms with van der Waals surface area (Å²) in [5, 5.41) is 8.91. The van der Waals surface area contributed by atoms with Crippen molar-refractivity contribution in [2.45, 2.75) is 11.8 Å². The molecule has 0 atom stereocenters. The Bertz CT molecular complexity index is 566. The Morgan fingerprint density at radius 3 is 2.29 bits per heavy atom. The third-order valence-corrected chi connectivity index (χ3v) is 5.04. The van der Waals surface area contributed by atoms with Crippen molar-refractivity contribution >= 4 is 31.9 Å². The maximum atomic E-state index is 11.9. The standard InChI is InChI=1S/C10H12BrNO4S/c1-6-4-9(17(15,16)12(2)3)8(11)5-7(6)10(13)14/h4-5H,1-3H3,(H,13,14). The van der Waals surface area contributed by atoms with Crippen LogP contribution in [0.2, 0.25) is 0 Å². The lowest BCUT2D eigenvalue weighted by molar-refractivity contribution is 0.0696. The van der Waals surface area contributed by atoms with E-state index in [1.54, 1.807) is 6.92 Å². The fourth-order valence-corrected chi connectivity index (χ4v) is 3.26. The summed E-state index contributed by atoms with van der Waals surface area (Å²) in [7, 11) is -0.741. The van der Waals surface area contributed by atoms with Crippen LogP contribution in [0.15, 0.2) is 21.5 Å². The topological polar surface area (TPSA) is 74.7 Å². The van der Waals surface area contributed by atoms with Crippen LogP contribution in [0.4, 0.5) is 0 Å². The van der Waals surface area contributed by atoms with Gasteiger partial charge >= 0.3 is 5.97 Å². The lowest BCUT2D eigenvalue weighted by Gasteiger charge is -2.14. The van der Waals surface area contributed by atoms with E-state index in [1.165, 1.54) is 26.2 Å². The van der Waals surface area contributed by atoms with E-state index >= 15 is 0 Å². The lowest BCUT2D eigenvalue weighted by atomic mass is 10.1. The first-order chi connectivity index (χ1) is 7.67. The average Bonchev–Trinajstić information content (AvgIpc) is 2.20. The lowest BCUT2D eigenvalue weighted by Crippen LogP contribution is -2.23.